The van der Waals surface area contributed by atoms with Crippen LogP contribution in [0.2, 0.25) is 5.02 Å². The summed E-state index contributed by atoms with van der Waals surface area (Å²) in [7, 11) is 0. The molecule has 0 fully saturated rings. The van der Waals surface area contributed by atoms with E-state index in [-0.39, 0.29) is 5.95 Å². The molecule has 0 unspecified atom stereocenters. The van der Waals surface area contributed by atoms with E-state index in [1.807, 2.05) is 12.1 Å². The van der Waals surface area contributed by atoms with Gasteiger partial charge >= 0.3 is 0 Å². The summed E-state index contributed by atoms with van der Waals surface area (Å²) in [6.07, 6.45) is 0. The standard InChI is InChI=1S/C8H6BrClN4S/c9-4-1-2-6(5(10)3-4)14-7(11)12-13-8(14)15/h1-3H,(H2,11,12)(H,13,15). The third kappa shape index (κ3) is 1.92. The topological polar surface area (TPSA) is 59.6 Å². The monoisotopic (exact) mass is 304 g/mol. The average Bonchev–Trinajstić information content (AvgIpc) is 2.48. The summed E-state index contributed by atoms with van der Waals surface area (Å²) in [5, 5.41) is 6.96. The van der Waals surface area contributed by atoms with Gasteiger partial charge in [-0.2, -0.15) is 0 Å². The zero-order valence-electron chi connectivity index (χ0n) is 7.37. The predicted molar refractivity (Wildman–Crippen MR) is 65.9 cm³/mol. The van der Waals surface area contributed by atoms with Gasteiger partial charge in [0.05, 0.1) is 10.7 Å². The van der Waals surface area contributed by atoms with Crippen LogP contribution in [0.1, 0.15) is 0 Å². The summed E-state index contributed by atoms with van der Waals surface area (Å²) >= 11 is 14.4. The fourth-order valence-electron chi connectivity index (χ4n) is 1.20. The van der Waals surface area contributed by atoms with Crippen molar-refractivity contribution in [3.05, 3.63) is 32.5 Å². The lowest BCUT2D eigenvalue weighted by Gasteiger charge is -2.06. The normalized spacial score (nSPS) is 10.5. The lowest BCUT2D eigenvalue weighted by atomic mass is 10.3. The molecule has 7 heteroatoms. The predicted octanol–water partition coefficient (Wildman–Crippen LogP) is 2.93. The Morgan fingerprint density at radius 2 is 2.27 bits per heavy atom. The lowest BCUT2D eigenvalue weighted by Crippen LogP contribution is -2.01. The Morgan fingerprint density at radius 1 is 1.53 bits per heavy atom. The van der Waals surface area contributed by atoms with E-state index >= 15 is 0 Å². The van der Waals surface area contributed by atoms with Crippen LogP contribution < -0.4 is 5.73 Å². The fraction of sp³-hybridized carbons (Fsp3) is 0. The van der Waals surface area contributed by atoms with Crippen molar-refractivity contribution in [3.8, 4) is 5.69 Å². The zero-order valence-corrected chi connectivity index (χ0v) is 10.5. The number of hydrogen-bond donors (Lipinski definition) is 2. The Kier molecular flexibility index (Phi) is 2.81. The summed E-state index contributed by atoms with van der Waals surface area (Å²) in [6, 6.07) is 5.44. The molecule has 1 aromatic carbocycles. The highest BCUT2D eigenvalue weighted by atomic mass is 79.9. The average molecular weight is 306 g/mol. The van der Waals surface area contributed by atoms with Crippen LogP contribution in [0.5, 0.6) is 0 Å². The van der Waals surface area contributed by atoms with Crippen molar-refractivity contribution in [1.29, 1.82) is 0 Å². The van der Waals surface area contributed by atoms with Gasteiger partial charge in [-0.05, 0) is 30.4 Å². The molecule has 3 N–H and O–H groups in total. The van der Waals surface area contributed by atoms with Crippen molar-refractivity contribution in [2.24, 2.45) is 0 Å². The van der Waals surface area contributed by atoms with Crippen LogP contribution in [0.15, 0.2) is 22.7 Å². The van der Waals surface area contributed by atoms with Gasteiger partial charge in [0, 0.05) is 4.47 Å². The van der Waals surface area contributed by atoms with Gasteiger partial charge in [-0.3, -0.25) is 4.57 Å². The van der Waals surface area contributed by atoms with Gasteiger partial charge in [0.25, 0.3) is 0 Å². The van der Waals surface area contributed by atoms with Crippen LogP contribution >= 0.6 is 39.7 Å². The Hall–Kier alpha value is -0.850. The maximum atomic E-state index is 6.07. The van der Waals surface area contributed by atoms with Crippen molar-refractivity contribution in [1.82, 2.24) is 14.8 Å². The second-order valence-corrected chi connectivity index (χ2v) is 4.53. The molecule has 1 heterocycles. The molecule has 0 bridgehead atoms. The van der Waals surface area contributed by atoms with Crippen molar-refractivity contribution < 1.29 is 0 Å². The Morgan fingerprint density at radius 3 is 2.80 bits per heavy atom. The number of anilines is 1. The third-order valence-corrected chi connectivity index (χ3v) is 2.92. The summed E-state index contributed by atoms with van der Waals surface area (Å²) in [4.78, 5) is 0. The number of halogens is 2. The van der Waals surface area contributed by atoms with E-state index < -0.39 is 0 Å². The van der Waals surface area contributed by atoms with E-state index in [0.29, 0.717) is 15.5 Å². The Bertz CT molecular complexity index is 562. The first-order valence-corrected chi connectivity index (χ1v) is 5.56. The summed E-state index contributed by atoms with van der Waals surface area (Å²) in [5.41, 5.74) is 6.37. The van der Waals surface area contributed by atoms with Crippen LogP contribution in [-0.4, -0.2) is 14.8 Å². The van der Waals surface area contributed by atoms with Crippen molar-refractivity contribution >= 4 is 45.7 Å². The number of aromatic amines is 1. The summed E-state index contributed by atoms with van der Waals surface area (Å²) in [6.45, 7) is 0. The molecule has 15 heavy (non-hydrogen) atoms. The molecule has 0 amide bonds. The molecular formula is C8H6BrClN4S. The Balaban J connectivity index is 2.69. The lowest BCUT2D eigenvalue weighted by molar-refractivity contribution is 1.04. The van der Waals surface area contributed by atoms with Crippen molar-refractivity contribution in [2.45, 2.75) is 0 Å². The summed E-state index contributed by atoms with van der Waals surface area (Å²) < 4.78 is 2.88. The van der Waals surface area contributed by atoms with E-state index in [4.69, 9.17) is 29.6 Å². The van der Waals surface area contributed by atoms with Crippen LogP contribution in [0.3, 0.4) is 0 Å². The molecule has 1 aromatic heterocycles. The number of benzene rings is 1. The smallest absolute Gasteiger partial charge is 0.225 e. The van der Waals surface area contributed by atoms with Crippen molar-refractivity contribution in [3.63, 3.8) is 0 Å². The molecule has 2 aromatic rings. The fourth-order valence-corrected chi connectivity index (χ4v) is 2.20. The van der Waals surface area contributed by atoms with E-state index in [9.17, 15) is 0 Å². The number of nitrogens with zero attached hydrogens (tertiary/aromatic N) is 2. The molecule has 4 nitrogen and oxygen atoms in total. The molecule has 0 atom stereocenters. The van der Waals surface area contributed by atoms with E-state index in [0.717, 1.165) is 4.47 Å². The molecule has 0 aliphatic heterocycles. The molecule has 0 saturated heterocycles. The van der Waals surface area contributed by atoms with Gasteiger partial charge in [0.1, 0.15) is 0 Å². The number of hydrogen-bond acceptors (Lipinski definition) is 3. The van der Waals surface area contributed by atoms with E-state index in [1.54, 1.807) is 10.6 Å². The minimum atomic E-state index is 0.282. The maximum absolute atomic E-state index is 6.07. The highest BCUT2D eigenvalue weighted by Gasteiger charge is 2.08. The number of H-pyrrole nitrogens is 1. The number of aromatic nitrogens is 3. The highest BCUT2D eigenvalue weighted by Crippen LogP contribution is 2.25. The van der Waals surface area contributed by atoms with Crippen molar-refractivity contribution in [2.75, 3.05) is 5.73 Å². The van der Waals surface area contributed by atoms with Crippen LogP contribution in [0, 0.1) is 4.77 Å². The van der Waals surface area contributed by atoms with E-state index in [2.05, 4.69) is 26.1 Å². The molecule has 2 rings (SSSR count). The number of nitrogens with two attached hydrogens (primary N) is 1. The quantitative estimate of drug-likeness (QED) is 0.796. The zero-order chi connectivity index (χ0) is 11.0. The first-order valence-electron chi connectivity index (χ1n) is 3.98. The minimum absolute atomic E-state index is 0.282. The molecule has 0 aliphatic rings. The van der Waals surface area contributed by atoms with Gasteiger partial charge in [0.15, 0.2) is 0 Å². The second kappa shape index (κ2) is 3.96. The second-order valence-electron chi connectivity index (χ2n) is 2.82. The van der Waals surface area contributed by atoms with Crippen LogP contribution in [0.4, 0.5) is 5.95 Å². The van der Waals surface area contributed by atoms with Gasteiger partial charge in [0.2, 0.25) is 10.7 Å². The SMILES string of the molecule is Nc1n[nH]c(=S)n1-c1ccc(Br)cc1Cl. The maximum Gasteiger partial charge on any atom is 0.225 e. The van der Waals surface area contributed by atoms with Gasteiger partial charge in [-0.25, -0.2) is 5.10 Å². The van der Waals surface area contributed by atoms with Gasteiger partial charge in [-0.15, -0.1) is 5.10 Å². The van der Waals surface area contributed by atoms with Gasteiger partial charge < -0.3 is 5.73 Å². The molecule has 78 valence electrons. The molecule has 0 aliphatic carbocycles. The summed E-state index contributed by atoms with van der Waals surface area (Å²) in [5.74, 6) is 0.282. The molecule has 0 spiro atoms. The number of nitrogen functional groups attached to an aromatic ring is 1. The van der Waals surface area contributed by atoms with E-state index in [1.165, 1.54) is 0 Å². The highest BCUT2D eigenvalue weighted by molar-refractivity contribution is 9.10. The molecule has 0 radical (unpaired) electrons. The first-order chi connectivity index (χ1) is 7.09. The molecular weight excluding hydrogens is 300 g/mol. The van der Waals surface area contributed by atoms with Crippen LogP contribution in [-0.2, 0) is 0 Å². The molecule has 0 saturated carbocycles. The minimum Gasteiger partial charge on any atom is -0.368 e. The van der Waals surface area contributed by atoms with Crippen LogP contribution in [0.25, 0.3) is 5.69 Å². The number of nitrogens with one attached hydrogen (secondary N) is 1. The first kappa shape index (κ1) is 10.7. The Labute approximate surface area is 104 Å². The van der Waals surface area contributed by atoms with Gasteiger partial charge in [-0.1, -0.05) is 27.5 Å². The number of rotatable bonds is 1. The third-order valence-electron chi connectivity index (χ3n) is 1.85. The largest absolute Gasteiger partial charge is 0.368 e.